The first-order valence-electron chi connectivity index (χ1n) is 3.79. The minimum absolute atomic E-state index is 0.106. The lowest BCUT2D eigenvalue weighted by molar-refractivity contribution is 0.459. The van der Waals surface area contributed by atoms with E-state index in [-0.39, 0.29) is 12.0 Å². The van der Waals surface area contributed by atoms with Gasteiger partial charge in [-0.1, -0.05) is 0 Å². The highest BCUT2D eigenvalue weighted by molar-refractivity contribution is 5.92. The molecule has 15 heavy (non-hydrogen) atoms. The second-order valence-corrected chi connectivity index (χ2v) is 2.58. The molecule has 0 spiro atoms. The van der Waals surface area contributed by atoms with Gasteiger partial charge >= 0.3 is 0 Å². The molecule has 0 amide bonds. The molecule has 0 aliphatic rings. The van der Waals surface area contributed by atoms with Gasteiger partial charge in [0.15, 0.2) is 29.2 Å². The highest BCUT2D eigenvalue weighted by Crippen LogP contribution is 2.23. The van der Waals surface area contributed by atoms with Crippen molar-refractivity contribution in [1.29, 1.82) is 0 Å². The third-order valence-electron chi connectivity index (χ3n) is 1.61. The topological polar surface area (TPSA) is 50.4 Å². The van der Waals surface area contributed by atoms with E-state index in [1.807, 2.05) is 5.32 Å². The number of nitrogens with two attached hydrogens (primary N) is 1. The number of hydrogen-bond donors (Lipinski definition) is 2. The number of nitrogens with zero attached hydrogens (tertiary/aromatic N) is 1. The van der Waals surface area contributed by atoms with Gasteiger partial charge in [0.05, 0.1) is 0 Å². The molecule has 0 radical (unpaired) electrons. The van der Waals surface area contributed by atoms with Crippen molar-refractivity contribution in [3.05, 3.63) is 29.3 Å². The van der Waals surface area contributed by atoms with Crippen molar-refractivity contribution < 1.29 is 17.6 Å². The summed E-state index contributed by atoms with van der Waals surface area (Å²) in [5.41, 5.74) is 4.10. The van der Waals surface area contributed by atoms with Crippen molar-refractivity contribution in [2.45, 2.75) is 0 Å². The molecule has 0 saturated heterocycles. The minimum atomic E-state index is -1.56. The Labute approximate surface area is 82.6 Å². The Bertz CT molecular complexity index is 391. The zero-order valence-corrected chi connectivity index (χ0v) is 7.61. The van der Waals surface area contributed by atoms with Gasteiger partial charge in [0, 0.05) is 13.1 Å². The van der Waals surface area contributed by atoms with Crippen LogP contribution < -0.4 is 11.1 Å². The normalized spacial score (nSPS) is 11.7. The molecule has 1 rings (SSSR count). The molecule has 0 saturated carbocycles. The van der Waals surface area contributed by atoms with Crippen LogP contribution in [0.1, 0.15) is 0 Å². The van der Waals surface area contributed by atoms with E-state index in [1.54, 1.807) is 0 Å². The number of aliphatic imine (C=N–C) groups is 1. The van der Waals surface area contributed by atoms with Crippen LogP contribution >= 0.6 is 0 Å². The number of halogens is 4. The van der Waals surface area contributed by atoms with Crippen LogP contribution in [-0.2, 0) is 0 Å². The van der Waals surface area contributed by atoms with Gasteiger partial charge in [0.1, 0.15) is 5.69 Å². The number of nitrogens with one attached hydrogen (secondary N) is 1. The van der Waals surface area contributed by atoms with Crippen molar-refractivity contribution in [2.75, 3.05) is 12.4 Å². The average Bonchev–Trinajstić information content (AvgIpc) is 2.21. The Hall–Kier alpha value is -1.79. The maximum atomic E-state index is 13.0. The number of hydrogen-bond acceptors (Lipinski definition) is 1. The molecule has 0 bridgehead atoms. The monoisotopic (exact) mass is 221 g/mol. The Morgan fingerprint density at radius 1 is 1.20 bits per heavy atom. The highest BCUT2D eigenvalue weighted by atomic mass is 19.2. The molecule has 0 aliphatic heterocycles. The third kappa shape index (κ3) is 2.17. The van der Waals surface area contributed by atoms with Gasteiger partial charge in [-0.15, -0.1) is 0 Å². The van der Waals surface area contributed by atoms with Crippen molar-refractivity contribution in [3.8, 4) is 0 Å². The van der Waals surface area contributed by atoms with E-state index in [0.29, 0.717) is 0 Å². The smallest absolute Gasteiger partial charge is 0.192 e. The molecule has 1 aromatic carbocycles. The first-order chi connectivity index (χ1) is 6.97. The van der Waals surface area contributed by atoms with Crippen molar-refractivity contribution in [1.82, 2.24) is 0 Å². The van der Waals surface area contributed by atoms with Gasteiger partial charge in [-0.3, -0.25) is 4.99 Å². The van der Waals surface area contributed by atoms with E-state index in [4.69, 9.17) is 5.73 Å². The van der Waals surface area contributed by atoms with Gasteiger partial charge in [0.25, 0.3) is 0 Å². The number of rotatable bonds is 1. The van der Waals surface area contributed by atoms with Crippen LogP contribution in [0.5, 0.6) is 0 Å². The Kier molecular flexibility index (Phi) is 3.13. The number of guanidine groups is 1. The predicted octanol–water partition coefficient (Wildman–Crippen LogP) is 1.60. The highest BCUT2D eigenvalue weighted by Gasteiger charge is 2.19. The van der Waals surface area contributed by atoms with Gasteiger partial charge < -0.3 is 11.1 Å². The molecular weight excluding hydrogens is 214 g/mol. The maximum Gasteiger partial charge on any atom is 0.192 e. The average molecular weight is 221 g/mol. The van der Waals surface area contributed by atoms with E-state index in [2.05, 4.69) is 4.99 Å². The zero-order chi connectivity index (χ0) is 11.6. The Balaban J connectivity index is 3.27. The van der Waals surface area contributed by atoms with Crippen LogP contribution in [0, 0.1) is 23.3 Å². The number of benzene rings is 1. The van der Waals surface area contributed by atoms with E-state index >= 15 is 0 Å². The van der Waals surface area contributed by atoms with Crippen LogP contribution in [-0.4, -0.2) is 13.0 Å². The fourth-order valence-corrected chi connectivity index (χ4v) is 0.867. The molecule has 0 fully saturated rings. The molecule has 0 unspecified atom stereocenters. The van der Waals surface area contributed by atoms with Gasteiger partial charge in [0.2, 0.25) is 0 Å². The molecular formula is C8H7F4N3. The summed E-state index contributed by atoms with van der Waals surface area (Å²) in [6, 6.07) is 0.106. The molecule has 0 aliphatic carbocycles. The lowest BCUT2D eigenvalue weighted by atomic mass is 10.2. The van der Waals surface area contributed by atoms with Gasteiger partial charge in [-0.25, -0.2) is 17.6 Å². The van der Waals surface area contributed by atoms with Gasteiger partial charge in [-0.05, 0) is 0 Å². The predicted molar refractivity (Wildman–Crippen MR) is 47.4 cm³/mol. The molecule has 82 valence electrons. The van der Waals surface area contributed by atoms with Crippen LogP contribution in [0.25, 0.3) is 0 Å². The molecule has 7 heteroatoms. The second-order valence-electron chi connectivity index (χ2n) is 2.58. The first kappa shape index (κ1) is 11.3. The van der Waals surface area contributed by atoms with Crippen molar-refractivity contribution in [2.24, 2.45) is 10.7 Å². The minimum Gasteiger partial charge on any atom is -0.370 e. The van der Waals surface area contributed by atoms with E-state index < -0.39 is 29.0 Å². The SMILES string of the molecule is CN=C(N)Nc1c(F)c(F)cc(F)c1F. The molecule has 3 nitrogen and oxygen atoms in total. The van der Waals surface area contributed by atoms with Crippen LogP contribution in [0.4, 0.5) is 23.2 Å². The lowest BCUT2D eigenvalue weighted by Crippen LogP contribution is -2.24. The quantitative estimate of drug-likeness (QED) is 0.327. The summed E-state index contributed by atoms with van der Waals surface area (Å²) >= 11 is 0. The molecule has 3 N–H and O–H groups in total. The first-order valence-corrected chi connectivity index (χ1v) is 3.79. The molecule has 0 heterocycles. The summed E-state index contributed by atoms with van der Waals surface area (Å²) in [4.78, 5) is 3.33. The lowest BCUT2D eigenvalue weighted by Gasteiger charge is -2.08. The summed E-state index contributed by atoms with van der Waals surface area (Å²) in [7, 11) is 1.24. The summed E-state index contributed by atoms with van der Waals surface area (Å²) < 4.78 is 51.3. The summed E-state index contributed by atoms with van der Waals surface area (Å²) in [6.45, 7) is 0. The Morgan fingerprint density at radius 2 is 1.67 bits per heavy atom. The second kappa shape index (κ2) is 4.16. The Morgan fingerprint density at radius 3 is 2.07 bits per heavy atom. The standard InChI is InChI=1S/C8H7F4N3/c1-14-8(13)15-7-5(11)3(9)2-4(10)6(7)12/h2H,1H3,(H3,13,14,15). The fourth-order valence-electron chi connectivity index (χ4n) is 0.867. The molecule has 0 atom stereocenters. The van der Waals surface area contributed by atoms with Crippen LogP contribution in [0.2, 0.25) is 0 Å². The van der Waals surface area contributed by atoms with Crippen LogP contribution in [0.15, 0.2) is 11.1 Å². The van der Waals surface area contributed by atoms with Crippen LogP contribution in [0.3, 0.4) is 0 Å². The number of anilines is 1. The summed E-state index contributed by atoms with van der Waals surface area (Å²) in [5, 5.41) is 1.91. The fraction of sp³-hybridized carbons (Fsp3) is 0.125. The van der Waals surface area contributed by atoms with E-state index in [0.717, 1.165) is 0 Å². The maximum absolute atomic E-state index is 13.0. The molecule has 0 aromatic heterocycles. The van der Waals surface area contributed by atoms with Crippen molar-refractivity contribution >= 4 is 11.6 Å². The zero-order valence-electron chi connectivity index (χ0n) is 7.61. The van der Waals surface area contributed by atoms with Gasteiger partial charge in [-0.2, -0.15) is 0 Å². The van der Waals surface area contributed by atoms with E-state index in [1.165, 1.54) is 7.05 Å². The van der Waals surface area contributed by atoms with E-state index in [9.17, 15) is 17.6 Å². The molecule has 1 aromatic rings. The summed E-state index contributed by atoms with van der Waals surface area (Å²) in [6.07, 6.45) is 0. The largest absolute Gasteiger partial charge is 0.370 e. The third-order valence-corrected chi connectivity index (χ3v) is 1.61. The summed E-state index contributed by atoms with van der Waals surface area (Å²) in [5.74, 6) is -6.50. The van der Waals surface area contributed by atoms with Crippen molar-refractivity contribution in [3.63, 3.8) is 0 Å².